The molecule has 1 aliphatic heterocycles. The quantitative estimate of drug-likeness (QED) is 0.349. The maximum atomic E-state index is 14.2. The molecular formula is C29H26ClFN8O2. The summed E-state index contributed by atoms with van der Waals surface area (Å²) in [5.74, 6) is -0.327. The summed E-state index contributed by atoms with van der Waals surface area (Å²) in [6.45, 7) is 10.4. The van der Waals surface area contributed by atoms with Crippen LogP contribution in [0.25, 0.3) is 16.7 Å². The number of carbonyl (C=O) groups is 1. The Balaban J connectivity index is 1.75. The first-order chi connectivity index (χ1) is 19.6. The average molecular weight is 573 g/mol. The Morgan fingerprint density at radius 1 is 1.24 bits per heavy atom. The summed E-state index contributed by atoms with van der Waals surface area (Å²) in [5.41, 5.74) is 2.04. The number of nitrogens with zero attached hydrogens (tertiary/aromatic N) is 7. The lowest BCUT2D eigenvalue weighted by atomic mass is 10.1. The van der Waals surface area contributed by atoms with Crippen molar-refractivity contribution in [2.24, 2.45) is 0 Å². The van der Waals surface area contributed by atoms with E-state index in [0.29, 0.717) is 47.9 Å². The highest BCUT2D eigenvalue weighted by Crippen LogP contribution is 2.32. The molecule has 0 saturated carbocycles. The number of pyridine rings is 2. The Bertz CT molecular complexity index is 1800. The predicted octanol–water partition coefficient (Wildman–Crippen LogP) is 4.42. The van der Waals surface area contributed by atoms with E-state index in [0.717, 1.165) is 5.56 Å². The van der Waals surface area contributed by atoms with Crippen LogP contribution in [0.15, 0.2) is 54.0 Å². The monoisotopic (exact) mass is 572 g/mol. The highest BCUT2D eigenvalue weighted by molar-refractivity contribution is 6.30. The minimum atomic E-state index is -0.635. The van der Waals surface area contributed by atoms with Crippen LogP contribution in [0, 0.1) is 31.0 Å². The zero-order valence-corrected chi connectivity index (χ0v) is 23.4. The number of carbonyl (C=O) groups excluding carboxylic acids is 1. The second-order valence-corrected chi connectivity index (χ2v) is 10.2. The van der Waals surface area contributed by atoms with Crippen LogP contribution < -0.4 is 15.9 Å². The summed E-state index contributed by atoms with van der Waals surface area (Å²) in [5, 5.41) is 13.5. The molecule has 0 bridgehead atoms. The molecule has 1 amide bonds. The van der Waals surface area contributed by atoms with Crippen LogP contribution >= 0.6 is 11.6 Å². The highest BCUT2D eigenvalue weighted by Gasteiger charge is 2.30. The second-order valence-electron chi connectivity index (χ2n) is 9.77. The fourth-order valence-corrected chi connectivity index (χ4v) is 5.19. The van der Waals surface area contributed by atoms with E-state index in [4.69, 9.17) is 16.6 Å². The standard InChI is InChI=1S/C29H26ClFN8O2/c1-5-24(40)37-10-11-38(17(3)15-37)27-21-12-19(14-32)26(34-20-6-7-22(30)23(31)13-20)35-28(21)39(29(41)36-27)25-16(2)8-9-33-18(25)4/h5-9,12-13,17H,1,10-11,15H2,2-4H3,(H,34,35)/t17-/m0/s1. The van der Waals surface area contributed by atoms with Crippen LogP contribution in [0.3, 0.4) is 0 Å². The normalized spacial score (nSPS) is 15.1. The number of nitrogens with one attached hydrogen (secondary N) is 1. The molecule has 1 aliphatic rings. The van der Waals surface area contributed by atoms with Crippen molar-refractivity contribution >= 4 is 45.9 Å². The minimum absolute atomic E-state index is 0.0429. The third-order valence-electron chi connectivity index (χ3n) is 7.07. The number of anilines is 3. The zero-order chi connectivity index (χ0) is 29.4. The highest BCUT2D eigenvalue weighted by atomic mass is 35.5. The number of halogens is 2. The predicted molar refractivity (Wildman–Crippen MR) is 155 cm³/mol. The molecule has 0 spiro atoms. The van der Waals surface area contributed by atoms with Crippen molar-refractivity contribution in [3.63, 3.8) is 0 Å². The summed E-state index contributed by atoms with van der Waals surface area (Å²) in [6.07, 6.45) is 2.93. The van der Waals surface area contributed by atoms with Crippen molar-refractivity contribution in [2.45, 2.75) is 26.8 Å². The number of aromatic nitrogens is 4. The molecule has 5 rings (SSSR count). The van der Waals surface area contributed by atoms with Gasteiger partial charge in [0.15, 0.2) is 11.5 Å². The van der Waals surface area contributed by atoms with Gasteiger partial charge >= 0.3 is 5.69 Å². The lowest BCUT2D eigenvalue weighted by molar-refractivity contribution is -0.126. The Morgan fingerprint density at radius 3 is 2.68 bits per heavy atom. The van der Waals surface area contributed by atoms with Gasteiger partial charge in [0.05, 0.1) is 27.4 Å². The molecule has 1 saturated heterocycles. The van der Waals surface area contributed by atoms with Gasteiger partial charge in [-0.2, -0.15) is 10.2 Å². The van der Waals surface area contributed by atoms with Crippen LogP contribution in [-0.4, -0.2) is 56.0 Å². The molecule has 0 unspecified atom stereocenters. The summed E-state index contributed by atoms with van der Waals surface area (Å²) in [4.78, 5) is 43.2. The van der Waals surface area contributed by atoms with Crippen LogP contribution in [0.4, 0.5) is 21.7 Å². The molecule has 4 aromatic rings. The molecule has 1 atom stereocenters. The van der Waals surface area contributed by atoms with Gasteiger partial charge in [-0.25, -0.2) is 18.7 Å². The van der Waals surface area contributed by atoms with E-state index in [-0.39, 0.29) is 34.0 Å². The molecule has 1 N–H and O–H groups in total. The van der Waals surface area contributed by atoms with Gasteiger partial charge < -0.3 is 15.1 Å². The molecule has 208 valence electrons. The fraction of sp³-hybridized carbons (Fsp3) is 0.241. The molecule has 41 heavy (non-hydrogen) atoms. The van der Waals surface area contributed by atoms with Crippen molar-refractivity contribution < 1.29 is 9.18 Å². The summed E-state index contributed by atoms with van der Waals surface area (Å²) < 4.78 is 15.6. The first kappa shape index (κ1) is 27.7. The third-order valence-corrected chi connectivity index (χ3v) is 7.38. The molecule has 4 heterocycles. The summed E-state index contributed by atoms with van der Waals surface area (Å²) in [7, 11) is 0. The number of nitriles is 1. The number of rotatable bonds is 5. The summed E-state index contributed by atoms with van der Waals surface area (Å²) >= 11 is 5.84. The number of hydrogen-bond acceptors (Lipinski definition) is 8. The topological polar surface area (TPSA) is 120 Å². The van der Waals surface area contributed by atoms with E-state index >= 15 is 0 Å². The lowest BCUT2D eigenvalue weighted by Gasteiger charge is -2.40. The van der Waals surface area contributed by atoms with Gasteiger partial charge in [0, 0.05) is 37.6 Å². The average Bonchev–Trinajstić information content (AvgIpc) is 2.95. The van der Waals surface area contributed by atoms with Gasteiger partial charge in [-0.05, 0) is 62.7 Å². The molecule has 3 aromatic heterocycles. The minimum Gasteiger partial charge on any atom is -0.350 e. The first-order valence-electron chi connectivity index (χ1n) is 12.8. The fourth-order valence-electron chi connectivity index (χ4n) is 5.07. The molecule has 1 aromatic carbocycles. The van der Waals surface area contributed by atoms with Crippen molar-refractivity contribution in [2.75, 3.05) is 29.9 Å². The summed E-state index contributed by atoms with van der Waals surface area (Å²) in [6, 6.07) is 9.50. The third kappa shape index (κ3) is 5.10. The first-order valence-corrected chi connectivity index (χ1v) is 13.2. The van der Waals surface area contributed by atoms with Crippen LogP contribution in [0.5, 0.6) is 0 Å². The SMILES string of the molecule is C=CC(=O)N1CCN(c2nc(=O)n(-c3c(C)ccnc3C)c3nc(Nc4ccc(Cl)c(F)c4)c(C#N)cc23)[C@@H](C)C1. The van der Waals surface area contributed by atoms with Gasteiger partial charge in [-0.15, -0.1) is 0 Å². The van der Waals surface area contributed by atoms with E-state index in [2.05, 4.69) is 27.9 Å². The van der Waals surface area contributed by atoms with E-state index in [1.807, 2.05) is 18.7 Å². The van der Waals surface area contributed by atoms with Crippen molar-refractivity contribution in [1.82, 2.24) is 24.4 Å². The van der Waals surface area contributed by atoms with Crippen LogP contribution in [0.1, 0.15) is 23.7 Å². The Morgan fingerprint density at radius 2 is 2.02 bits per heavy atom. The number of fused-ring (bicyclic) bond motifs is 1. The van der Waals surface area contributed by atoms with Crippen LogP contribution in [-0.2, 0) is 4.79 Å². The molecular weight excluding hydrogens is 547 g/mol. The number of aryl methyl sites for hydroxylation is 2. The van der Waals surface area contributed by atoms with Crippen LogP contribution in [0.2, 0.25) is 5.02 Å². The molecule has 12 heteroatoms. The van der Waals surface area contributed by atoms with Gasteiger partial charge in [0.1, 0.15) is 17.7 Å². The zero-order valence-electron chi connectivity index (χ0n) is 22.7. The van der Waals surface area contributed by atoms with Gasteiger partial charge in [-0.1, -0.05) is 18.2 Å². The largest absolute Gasteiger partial charge is 0.355 e. The Hall–Kier alpha value is -4.82. The maximum absolute atomic E-state index is 14.2. The molecule has 10 nitrogen and oxygen atoms in total. The smallest absolute Gasteiger partial charge is 0.350 e. The number of piperazine rings is 1. The Labute approximate surface area is 240 Å². The molecule has 0 radical (unpaired) electrons. The van der Waals surface area contributed by atoms with E-state index < -0.39 is 11.5 Å². The van der Waals surface area contributed by atoms with E-state index in [1.54, 1.807) is 36.2 Å². The number of hydrogen-bond donors (Lipinski definition) is 1. The lowest BCUT2D eigenvalue weighted by Crippen LogP contribution is -2.54. The van der Waals surface area contributed by atoms with E-state index in [9.17, 15) is 19.2 Å². The maximum Gasteiger partial charge on any atom is 0.355 e. The molecule has 1 fully saturated rings. The molecule has 0 aliphatic carbocycles. The van der Waals surface area contributed by atoms with Gasteiger partial charge in [0.2, 0.25) is 5.91 Å². The number of benzene rings is 1. The number of amides is 1. The second kappa shape index (κ2) is 11.0. The van der Waals surface area contributed by atoms with Gasteiger partial charge in [-0.3, -0.25) is 9.78 Å². The van der Waals surface area contributed by atoms with E-state index in [1.165, 1.54) is 22.8 Å². The Kier molecular flexibility index (Phi) is 7.43. The van der Waals surface area contributed by atoms with Crippen molar-refractivity contribution in [1.29, 1.82) is 5.26 Å². The van der Waals surface area contributed by atoms with Crippen molar-refractivity contribution in [3.8, 4) is 11.8 Å². The van der Waals surface area contributed by atoms with Crippen molar-refractivity contribution in [3.05, 3.63) is 87.3 Å². The van der Waals surface area contributed by atoms with Gasteiger partial charge in [0.25, 0.3) is 0 Å².